The van der Waals surface area contributed by atoms with Gasteiger partial charge in [-0.2, -0.15) is 5.10 Å². The molecular formula is C18H26N6O. The van der Waals surface area contributed by atoms with Crippen molar-refractivity contribution in [3.05, 3.63) is 29.7 Å². The third-order valence-electron chi connectivity index (χ3n) is 5.65. The van der Waals surface area contributed by atoms with E-state index in [1.54, 1.807) is 10.7 Å². The SMILES string of the molecule is CCN(CC)Cc1cnc2c(C(=O)N3CC[C@H]4CNC[C@H]43)cnn2c1. The number of rotatable bonds is 5. The van der Waals surface area contributed by atoms with E-state index in [0.29, 0.717) is 23.2 Å². The van der Waals surface area contributed by atoms with Crippen LogP contribution in [0.3, 0.4) is 0 Å². The molecule has 134 valence electrons. The molecule has 1 N–H and O–H groups in total. The van der Waals surface area contributed by atoms with E-state index in [-0.39, 0.29) is 5.91 Å². The summed E-state index contributed by atoms with van der Waals surface area (Å²) in [5.41, 5.74) is 2.38. The lowest BCUT2D eigenvalue weighted by atomic mass is 10.1. The Bertz CT molecular complexity index is 768. The molecule has 0 aromatic carbocycles. The first kappa shape index (κ1) is 16.5. The van der Waals surface area contributed by atoms with Crippen molar-refractivity contribution in [3.8, 4) is 0 Å². The van der Waals surface area contributed by atoms with E-state index in [0.717, 1.165) is 51.3 Å². The molecule has 2 atom stereocenters. The summed E-state index contributed by atoms with van der Waals surface area (Å²) in [6.45, 7) is 9.93. The van der Waals surface area contributed by atoms with Crippen LogP contribution in [0.2, 0.25) is 0 Å². The molecule has 2 saturated heterocycles. The summed E-state index contributed by atoms with van der Waals surface area (Å²) in [7, 11) is 0. The highest BCUT2D eigenvalue weighted by atomic mass is 16.2. The maximum atomic E-state index is 13.0. The first-order valence-corrected chi connectivity index (χ1v) is 9.27. The number of carbonyl (C=O) groups excluding carboxylic acids is 1. The predicted octanol–water partition coefficient (Wildman–Crippen LogP) is 1.01. The molecule has 2 aromatic heterocycles. The second-order valence-electron chi connectivity index (χ2n) is 7.02. The number of carbonyl (C=O) groups is 1. The molecule has 0 unspecified atom stereocenters. The first-order valence-electron chi connectivity index (χ1n) is 9.27. The van der Waals surface area contributed by atoms with Gasteiger partial charge in [-0.05, 0) is 25.4 Å². The highest BCUT2D eigenvalue weighted by molar-refractivity contribution is 6.00. The minimum atomic E-state index is 0.0650. The zero-order valence-electron chi connectivity index (χ0n) is 15.0. The second kappa shape index (κ2) is 6.72. The fourth-order valence-electron chi connectivity index (χ4n) is 4.11. The van der Waals surface area contributed by atoms with Gasteiger partial charge in [0.25, 0.3) is 5.91 Å². The number of hydrogen-bond donors (Lipinski definition) is 1. The smallest absolute Gasteiger partial charge is 0.259 e. The largest absolute Gasteiger partial charge is 0.334 e. The van der Waals surface area contributed by atoms with Gasteiger partial charge in [-0.15, -0.1) is 0 Å². The van der Waals surface area contributed by atoms with E-state index in [1.807, 2.05) is 17.3 Å². The minimum Gasteiger partial charge on any atom is -0.334 e. The monoisotopic (exact) mass is 342 g/mol. The number of aromatic nitrogens is 3. The van der Waals surface area contributed by atoms with Crippen LogP contribution in [-0.4, -0.2) is 69.1 Å². The topological polar surface area (TPSA) is 65.8 Å². The van der Waals surface area contributed by atoms with Crippen LogP contribution >= 0.6 is 0 Å². The molecule has 2 aliphatic rings. The molecule has 7 heteroatoms. The van der Waals surface area contributed by atoms with Crippen molar-refractivity contribution in [1.29, 1.82) is 0 Å². The molecule has 2 aromatic rings. The Morgan fingerprint density at radius 2 is 2.16 bits per heavy atom. The molecule has 0 spiro atoms. The molecule has 25 heavy (non-hydrogen) atoms. The van der Waals surface area contributed by atoms with E-state index < -0.39 is 0 Å². The van der Waals surface area contributed by atoms with Gasteiger partial charge < -0.3 is 10.2 Å². The fourth-order valence-corrected chi connectivity index (χ4v) is 4.11. The van der Waals surface area contributed by atoms with Gasteiger partial charge in [0.05, 0.1) is 6.20 Å². The average Bonchev–Trinajstić information content (AvgIpc) is 3.33. The van der Waals surface area contributed by atoms with Crippen LogP contribution in [0, 0.1) is 5.92 Å². The summed E-state index contributed by atoms with van der Waals surface area (Å²) in [4.78, 5) is 21.9. The molecule has 2 aliphatic heterocycles. The minimum absolute atomic E-state index is 0.0650. The lowest BCUT2D eigenvalue weighted by Gasteiger charge is -2.22. The Hall–Kier alpha value is -1.99. The molecule has 0 aliphatic carbocycles. The normalized spacial score (nSPS) is 22.9. The molecule has 7 nitrogen and oxygen atoms in total. The van der Waals surface area contributed by atoms with Gasteiger partial charge in [-0.3, -0.25) is 9.69 Å². The van der Waals surface area contributed by atoms with Gasteiger partial charge in [0.1, 0.15) is 5.56 Å². The Balaban J connectivity index is 1.57. The number of nitrogens with one attached hydrogen (secondary N) is 1. The highest BCUT2D eigenvalue weighted by Gasteiger charge is 2.40. The molecule has 1 amide bonds. The van der Waals surface area contributed by atoms with Gasteiger partial charge in [0.15, 0.2) is 5.65 Å². The quantitative estimate of drug-likeness (QED) is 0.878. The Morgan fingerprint density at radius 1 is 1.32 bits per heavy atom. The molecule has 0 radical (unpaired) electrons. The van der Waals surface area contributed by atoms with Crippen LogP contribution in [0.15, 0.2) is 18.6 Å². The summed E-state index contributed by atoms with van der Waals surface area (Å²) >= 11 is 0. The second-order valence-corrected chi connectivity index (χ2v) is 7.02. The van der Waals surface area contributed by atoms with Crippen molar-refractivity contribution in [2.75, 3.05) is 32.7 Å². The first-order chi connectivity index (χ1) is 12.2. The maximum Gasteiger partial charge on any atom is 0.259 e. The fraction of sp³-hybridized carbons (Fsp3) is 0.611. The summed E-state index contributed by atoms with van der Waals surface area (Å²) < 4.78 is 1.74. The van der Waals surface area contributed by atoms with Gasteiger partial charge in [0, 0.05) is 50.2 Å². The van der Waals surface area contributed by atoms with E-state index in [4.69, 9.17) is 0 Å². The molecule has 4 heterocycles. The molecule has 4 rings (SSSR count). The van der Waals surface area contributed by atoms with Crippen LogP contribution < -0.4 is 5.32 Å². The van der Waals surface area contributed by atoms with E-state index in [9.17, 15) is 4.79 Å². The zero-order valence-corrected chi connectivity index (χ0v) is 15.0. The van der Waals surface area contributed by atoms with Gasteiger partial charge in [-0.1, -0.05) is 13.8 Å². The molecule has 0 bridgehead atoms. The van der Waals surface area contributed by atoms with Crippen LogP contribution in [0.1, 0.15) is 36.2 Å². The van der Waals surface area contributed by atoms with Crippen molar-refractivity contribution in [1.82, 2.24) is 29.7 Å². The Morgan fingerprint density at radius 3 is 2.96 bits per heavy atom. The summed E-state index contributed by atoms with van der Waals surface area (Å²) in [5, 5.41) is 7.78. The number of hydrogen-bond acceptors (Lipinski definition) is 5. The van der Waals surface area contributed by atoms with E-state index in [1.165, 1.54) is 0 Å². The summed E-state index contributed by atoms with van der Waals surface area (Å²) in [5.74, 6) is 0.662. The summed E-state index contributed by atoms with van der Waals surface area (Å²) in [6, 6.07) is 0.324. The highest BCUT2D eigenvalue weighted by Crippen LogP contribution is 2.29. The maximum absolute atomic E-state index is 13.0. The van der Waals surface area contributed by atoms with Crippen molar-refractivity contribution in [2.24, 2.45) is 5.92 Å². The zero-order chi connectivity index (χ0) is 17.4. The summed E-state index contributed by atoms with van der Waals surface area (Å²) in [6.07, 6.45) is 6.61. The predicted molar refractivity (Wildman–Crippen MR) is 95.4 cm³/mol. The van der Waals surface area contributed by atoms with Gasteiger partial charge in [-0.25, -0.2) is 9.50 Å². The Kier molecular flexibility index (Phi) is 4.43. The van der Waals surface area contributed by atoms with Crippen LogP contribution in [0.5, 0.6) is 0 Å². The van der Waals surface area contributed by atoms with Crippen molar-refractivity contribution < 1.29 is 4.79 Å². The average molecular weight is 342 g/mol. The Labute approximate surface area is 148 Å². The van der Waals surface area contributed by atoms with E-state index in [2.05, 4.69) is 34.1 Å². The standard InChI is InChI=1S/C18H26N6O/c1-3-22(4-2)11-13-7-20-17-15(9-21-24(17)12-13)18(25)23-6-5-14-8-19-10-16(14)23/h7,9,12,14,16,19H,3-6,8,10-11H2,1-2H3/t14-,16+/m0/s1. The van der Waals surface area contributed by atoms with Crippen LogP contribution in [0.25, 0.3) is 5.65 Å². The number of fused-ring (bicyclic) bond motifs is 2. The van der Waals surface area contributed by atoms with Crippen LogP contribution in [0.4, 0.5) is 0 Å². The molecule has 0 saturated carbocycles. The molecular weight excluding hydrogens is 316 g/mol. The number of nitrogens with zero attached hydrogens (tertiary/aromatic N) is 5. The van der Waals surface area contributed by atoms with Crippen molar-refractivity contribution in [3.63, 3.8) is 0 Å². The molecule has 2 fully saturated rings. The van der Waals surface area contributed by atoms with Gasteiger partial charge in [0.2, 0.25) is 0 Å². The number of likely N-dealkylation sites (tertiary alicyclic amines) is 1. The lowest BCUT2D eigenvalue weighted by molar-refractivity contribution is 0.0738. The van der Waals surface area contributed by atoms with Crippen molar-refractivity contribution in [2.45, 2.75) is 32.9 Å². The van der Waals surface area contributed by atoms with Gasteiger partial charge >= 0.3 is 0 Å². The van der Waals surface area contributed by atoms with E-state index >= 15 is 0 Å². The van der Waals surface area contributed by atoms with Crippen molar-refractivity contribution >= 4 is 11.6 Å². The lowest BCUT2D eigenvalue weighted by Crippen LogP contribution is -2.39. The third kappa shape index (κ3) is 2.91. The number of amides is 1. The third-order valence-corrected chi connectivity index (χ3v) is 5.65. The van der Waals surface area contributed by atoms with Crippen LogP contribution in [-0.2, 0) is 6.54 Å².